The van der Waals surface area contributed by atoms with Crippen LogP contribution in [-0.2, 0) is 0 Å². The third-order valence-electron chi connectivity index (χ3n) is 5.13. The quantitative estimate of drug-likeness (QED) is 0.820. The van der Waals surface area contributed by atoms with Gasteiger partial charge in [-0.15, -0.1) is 0 Å². The van der Waals surface area contributed by atoms with E-state index in [4.69, 9.17) is 0 Å². The van der Waals surface area contributed by atoms with E-state index in [2.05, 4.69) is 47.6 Å². The minimum atomic E-state index is -2.15. The summed E-state index contributed by atoms with van der Waals surface area (Å²) in [5.74, 6) is 0. The van der Waals surface area contributed by atoms with E-state index in [-0.39, 0.29) is 0 Å². The van der Waals surface area contributed by atoms with Crippen LogP contribution in [0.3, 0.4) is 0 Å². The molecule has 3 nitrogen and oxygen atoms in total. The molecule has 5 heteroatoms. The summed E-state index contributed by atoms with van der Waals surface area (Å²) in [6.45, 7) is 15.2. The molecule has 0 saturated heterocycles. The molecule has 0 heterocycles. The zero-order chi connectivity index (χ0) is 17.2. The highest BCUT2D eigenvalue weighted by Crippen LogP contribution is 2.41. The topological polar surface area (TPSA) is 64.2 Å². The highest BCUT2D eigenvalue weighted by atomic mass is 28.3. The second-order valence-corrected chi connectivity index (χ2v) is 12.9. The summed E-state index contributed by atoms with van der Waals surface area (Å²) in [6, 6.07) is 5.94. The SMILES string of the molecule is Cc1ccc(B(O)O)c([Si](C(C)C)(C(C)C)C(C)C)c1C#N. The first-order chi connectivity index (χ1) is 10.1. The van der Waals surface area contributed by atoms with Crippen LogP contribution in [0.1, 0.15) is 52.7 Å². The largest absolute Gasteiger partial charge is 0.488 e. The van der Waals surface area contributed by atoms with Crippen molar-refractivity contribution in [3.8, 4) is 6.07 Å². The standard InChI is InChI=1S/C17H28BNO2Si/c1-11(2)22(12(3)4,13(5)6)17-15(10-19)14(7)8-9-16(17)18(20)21/h8-9,11-13,20-21H,1-7H3. The molecule has 0 aliphatic heterocycles. The molecule has 1 aromatic carbocycles. The minimum absolute atomic E-state index is 0.402. The lowest BCUT2D eigenvalue weighted by Gasteiger charge is -2.45. The second kappa shape index (κ2) is 6.99. The third-order valence-corrected chi connectivity index (χ3v) is 12.3. The van der Waals surface area contributed by atoms with Crippen LogP contribution in [0, 0.1) is 18.3 Å². The van der Waals surface area contributed by atoms with Crippen LogP contribution in [0.15, 0.2) is 12.1 Å². The Bertz CT molecular complexity index is 555. The van der Waals surface area contributed by atoms with Crippen LogP contribution in [0.2, 0.25) is 16.6 Å². The van der Waals surface area contributed by atoms with Gasteiger partial charge in [-0.2, -0.15) is 5.26 Å². The number of hydrogen-bond acceptors (Lipinski definition) is 3. The van der Waals surface area contributed by atoms with Gasteiger partial charge >= 0.3 is 7.12 Å². The Balaban J connectivity index is 3.98. The molecule has 1 rings (SSSR count). The first-order valence-corrected chi connectivity index (χ1v) is 10.3. The number of rotatable bonds is 5. The van der Waals surface area contributed by atoms with Crippen molar-refractivity contribution in [2.75, 3.05) is 0 Å². The maximum absolute atomic E-state index is 9.89. The van der Waals surface area contributed by atoms with Crippen LogP contribution in [0.4, 0.5) is 0 Å². The minimum Gasteiger partial charge on any atom is -0.423 e. The van der Waals surface area contributed by atoms with E-state index in [1.165, 1.54) is 0 Å². The molecule has 1 aromatic rings. The van der Waals surface area contributed by atoms with Gasteiger partial charge in [-0.3, -0.25) is 0 Å². The fraction of sp³-hybridized carbons (Fsp3) is 0.588. The molecule has 0 saturated carbocycles. The highest BCUT2D eigenvalue weighted by molar-refractivity contribution is 6.98. The lowest BCUT2D eigenvalue weighted by molar-refractivity contribution is 0.426. The van der Waals surface area contributed by atoms with Crippen molar-refractivity contribution < 1.29 is 10.0 Å². The van der Waals surface area contributed by atoms with Gasteiger partial charge in [-0.05, 0) is 39.8 Å². The first kappa shape index (κ1) is 19.0. The number of aryl methyl sites for hydroxylation is 1. The summed E-state index contributed by atoms with van der Waals surface area (Å²) >= 11 is 0. The molecule has 0 spiro atoms. The highest BCUT2D eigenvalue weighted by Gasteiger charge is 2.48. The number of nitrogens with zero attached hydrogens (tertiary/aromatic N) is 1. The summed E-state index contributed by atoms with van der Waals surface area (Å²) in [5, 5.41) is 30.5. The average Bonchev–Trinajstić information content (AvgIpc) is 2.37. The van der Waals surface area contributed by atoms with Crippen LogP contribution in [-0.4, -0.2) is 25.2 Å². The molecule has 120 valence electrons. The van der Waals surface area contributed by atoms with Gasteiger partial charge in [-0.25, -0.2) is 0 Å². The molecule has 0 bridgehead atoms. The average molecular weight is 317 g/mol. The maximum Gasteiger partial charge on any atom is 0.488 e. The van der Waals surface area contributed by atoms with E-state index in [1.807, 2.05) is 13.0 Å². The number of benzene rings is 1. The molecule has 0 fully saturated rings. The van der Waals surface area contributed by atoms with Crippen molar-refractivity contribution in [3.63, 3.8) is 0 Å². The molecule has 2 N–H and O–H groups in total. The van der Waals surface area contributed by atoms with E-state index in [1.54, 1.807) is 6.07 Å². The van der Waals surface area contributed by atoms with Gasteiger partial charge < -0.3 is 10.0 Å². The molecule has 0 aliphatic rings. The Morgan fingerprint density at radius 3 is 1.77 bits per heavy atom. The number of hydrogen-bond donors (Lipinski definition) is 2. The van der Waals surface area contributed by atoms with E-state index < -0.39 is 15.2 Å². The summed E-state index contributed by atoms with van der Waals surface area (Å²) < 4.78 is 0. The molecular weight excluding hydrogens is 289 g/mol. The van der Waals surface area contributed by atoms with Gasteiger partial charge in [0.2, 0.25) is 0 Å². The third kappa shape index (κ3) is 2.88. The van der Waals surface area contributed by atoms with E-state index in [9.17, 15) is 15.3 Å². The van der Waals surface area contributed by atoms with Crippen LogP contribution in [0.25, 0.3) is 0 Å². The Hall–Kier alpha value is -1.09. The summed E-state index contributed by atoms with van der Waals surface area (Å²) in [7, 11) is -3.69. The molecular formula is C17H28BNO2Si. The normalized spacial score (nSPS) is 12.1. The zero-order valence-electron chi connectivity index (χ0n) is 14.8. The molecule has 0 radical (unpaired) electrons. The van der Waals surface area contributed by atoms with Crippen molar-refractivity contribution in [3.05, 3.63) is 23.3 Å². The van der Waals surface area contributed by atoms with Gasteiger partial charge in [0.05, 0.1) is 19.7 Å². The van der Waals surface area contributed by atoms with Crippen molar-refractivity contribution in [1.82, 2.24) is 0 Å². The monoisotopic (exact) mass is 317 g/mol. The van der Waals surface area contributed by atoms with Crippen LogP contribution < -0.4 is 10.6 Å². The summed E-state index contributed by atoms with van der Waals surface area (Å²) in [5.41, 5.74) is 3.29. The Morgan fingerprint density at radius 2 is 1.45 bits per heavy atom. The van der Waals surface area contributed by atoms with Crippen molar-refractivity contribution in [2.45, 2.75) is 65.1 Å². The molecule has 0 aliphatic carbocycles. The predicted molar refractivity (Wildman–Crippen MR) is 96.4 cm³/mol. The second-order valence-electron chi connectivity index (χ2n) is 7.10. The van der Waals surface area contributed by atoms with Gasteiger partial charge in [0.1, 0.15) is 0 Å². The van der Waals surface area contributed by atoms with Crippen molar-refractivity contribution in [1.29, 1.82) is 5.26 Å². The summed E-state index contributed by atoms with van der Waals surface area (Å²) in [4.78, 5) is 0. The Kier molecular flexibility index (Phi) is 6.03. The molecule has 22 heavy (non-hydrogen) atoms. The fourth-order valence-electron chi connectivity index (χ4n) is 4.41. The van der Waals surface area contributed by atoms with Crippen LogP contribution >= 0.6 is 0 Å². The number of nitriles is 1. The molecule has 0 aromatic heterocycles. The predicted octanol–water partition coefficient (Wildman–Crippen LogP) is 2.43. The smallest absolute Gasteiger partial charge is 0.423 e. The van der Waals surface area contributed by atoms with Crippen molar-refractivity contribution >= 4 is 25.8 Å². The Morgan fingerprint density at radius 1 is 1.00 bits per heavy atom. The lowest BCUT2D eigenvalue weighted by atomic mass is 9.78. The van der Waals surface area contributed by atoms with Gasteiger partial charge in [0, 0.05) is 0 Å². The van der Waals surface area contributed by atoms with E-state index >= 15 is 0 Å². The van der Waals surface area contributed by atoms with E-state index in [0.29, 0.717) is 27.6 Å². The van der Waals surface area contributed by atoms with Crippen LogP contribution in [0.5, 0.6) is 0 Å². The lowest BCUT2D eigenvalue weighted by Crippen LogP contribution is -2.64. The molecule has 0 unspecified atom stereocenters. The molecule has 0 atom stereocenters. The van der Waals surface area contributed by atoms with E-state index in [0.717, 1.165) is 10.8 Å². The van der Waals surface area contributed by atoms with Gasteiger partial charge in [0.25, 0.3) is 0 Å². The van der Waals surface area contributed by atoms with Gasteiger partial charge in [-0.1, -0.05) is 53.7 Å². The summed E-state index contributed by atoms with van der Waals surface area (Å²) in [6.07, 6.45) is 0. The zero-order valence-corrected chi connectivity index (χ0v) is 15.8. The molecule has 0 amide bonds. The first-order valence-electron chi connectivity index (χ1n) is 8.02. The fourth-order valence-corrected chi connectivity index (χ4v) is 11.5. The van der Waals surface area contributed by atoms with Crippen molar-refractivity contribution in [2.24, 2.45) is 0 Å². The Labute approximate surface area is 136 Å². The maximum atomic E-state index is 9.89. The van der Waals surface area contributed by atoms with Gasteiger partial charge in [0.15, 0.2) is 0 Å².